The SMILES string of the molecule is Cc1cc(/C=C2\SC(=O)N(CC(=O)Nc3ccc(F)cc3)C2=O)c(C)n1-c1ccc(C(=O)O)cc1. The van der Waals surface area contributed by atoms with Gasteiger partial charge in [0.1, 0.15) is 12.4 Å². The van der Waals surface area contributed by atoms with E-state index in [1.807, 2.05) is 24.5 Å². The number of thioether (sulfide) groups is 1. The number of nitrogens with zero attached hydrogens (tertiary/aromatic N) is 2. The Morgan fingerprint density at radius 3 is 2.34 bits per heavy atom. The number of carbonyl (C=O) groups excluding carboxylic acids is 3. The molecule has 1 aliphatic rings. The summed E-state index contributed by atoms with van der Waals surface area (Å²) < 4.78 is 14.9. The van der Waals surface area contributed by atoms with Crippen LogP contribution in [0, 0.1) is 19.7 Å². The van der Waals surface area contributed by atoms with Gasteiger partial charge < -0.3 is 15.0 Å². The van der Waals surface area contributed by atoms with Crippen molar-refractivity contribution < 1.29 is 28.7 Å². The standard InChI is InChI=1S/C25H20FN3O5S/c1-14-11-17(15(2)29(14)20-9-3-16(4-10-20)24(32)33)12-21-23(31)28(25(34)35-21)13-22(30)27-19-7-5-18(26)6-8-19/h3-12H,13H2,1-2H3,(H,27,30)(H,32,33)/b21-12-. The summed E-state index contributed by atoms with van der Waals surface area (Å²) in [5.41, 5.74) is 3.65. The number of aromatic nitrogens is 1. The van der Waals surface area contributed by atoms with Gasteiger partial charge in [-0.15, -0.1) is 0 Å². The minimum absolute atomic E-state index is 0.175. The van der Waals surface area contributed by atoms with Crippen LogP contribution in [0.1, 0.15) is 27.3 Å². The number of halogens is 1. The fourth-order valence-corrected chi connectivity index (χ4v) is 4.57. The summed E-state index contributed by atoms with van der Waals surface area (Å²) in [5.74, 6) is -2.62. The Balaban J connectivity index is 1.52. The van der Waals surface area contributed by atoms with Crippen LogP contribution in [-0.4, -0.2) is 44.1 Å². The van der Waals surface area contributed by atoms with Crippen LogP contribution in [0.15, 0.2) is 59.5 Å². The number of anilines is 1. The van der Waals surface area contributed by atoms with E-state index in [0.29, 0.717) is 11.3 Å². The van der Waals surface area contributed by atoms with Crippen molar-refractivity contribution in [3.63, 3.8) is 0 Å². The van der Waals surface area contributed by atoms with Crippen molar-refractivity contribution in [1.29, 1.82) is 0 Å². The third-order valence-electron chi connectivity index (χ3n) is 5.43. The molecule has 0 aliphatic carbocycles. The number of imide groups is 1. The number of rotatable bonds is 6. The third-order valence-corrected chi connectivity index (χ3v) is 6.34. The highest BCUT2D eigenvalue weighted by Crippen LogP contribution is 2.33. The van der Waals surface area contributed by atoms with E-state index in [-0.39, 0.29) is 10.5 Å². The van der Waals surface area contributed by atoms with Gasteiger partial charge in [0.15, 0.2) is 0 Å². The van der Waals surface area contributed by atoms with Gasteiger partial charge in [-0.3, -0.25) is 19.3 Å². The molecule has 0 unspecified atom stereocenters. The highest BCUT2D eigenvalue weighted by Gasteiger charge is 2.36. The van der Waals surface area contributed by atoms with E-state index in [4.69, 9.17) is 5.11 Å². The van der Waals surface area contributed by atoms with Crippen molar-refractivity contribution in [2.24, 2.45) is 0 Å². The molecule has 0 bridgehead atoms. The number of carbonyl (C=O) groups is 4. The summed E-state index contributed by atoms with van der Waals surface area (Å²) >= 11 is 0.746. The normalized spacial score (nSPS) is 14.6. The van der Waals surface area contributed by atoms with Crippen molar-refractivity contribution in [3.05, 3.63) is 87.8 Å². The molecule has 2 aromatic carbocycles. The van der Waals surface area contributed by atoms with E-state index in [2.05, 4.69) is 5.32 Å². The molecule has 35 heavy (non-hydrogen) atoms. The van der Waals surface area contributed by atoms with E-state index in [1.165, 1.54) is 36.4 Å². The molecular weight excluding hydrogens is 473 g/mol. The number of carboxylic acids is 1. The van der Waals surface area contributed by atoms with Gasteiger partial charge in [0.2, 0.25) is 5.91 Å². The fourth-order valence-electron chi connectivity index (χ4n) is 3.74. The van der Waals surface area contributed by atoms with Crippen molar-refractivity contribution in [2.45, 2.75) is 13.8 Å². The zero-order valence-corrected chi connectivity index (χ0v) is 19.6. The van der Waals surface area contributed by atoms with Crippen molar-refractivity contribution in [1.82, 2.24) is 9.47 Å². The topological polar surface area (TPSA) is 109 Å². The highest BCUT2D eigenvalue weighted by atomic mass is 32.2. The molecule has 0 radical (unpaired) electrons. The summed E-state index contributed by atoms with van der Waals surface area (Å²) in [6, 6.07) is 13.4. The van der Waals surface area contributed by atoms with Crippen LogP contribution in [0.2, 0.25) is 0 Å². The number of hydrogen-bond donors (Lipinski definition) is 2. The molecule has 1 aliphatic heterocycles. The Kier molecular flexibility index (Phi) is 6.57. The van der Waals surface area contributed by atoms with Gasteiger partial charge in [-0.25, -0.2) is 9.18 Å². The second-order valence-electron chi connectivity index (χ2n) is 7.84. The Morgan fingerprint density at radius 2 is 1.71 bits per heavy atom. The van der Waals surface area contributed by atoms with Crippen LogP contribution in [0.4, 0.5) is 14.9 Å². The first-order chi connectivity index (χ1) is 16.6. The summed E-state index contributed by atoms with van der Waals surface area (Å²) in [7, 11) is 0. The van der Waals surface area contributed by atoms with Crippen LogP contribution in [0.5, 0.6) is 0 Å². The third kappa shape index (κ3) is 5.02. The second kappa shape index (κ2) is 9.59. The van der Waals surface area contributed by atoms with Crippen LogP contribution in [0.25, 0.3) is 11.8 Å². The molecule has 0 spiro atoms. The maximum Gasteiger partial charge on any atom is 0.335 e. The largest absolute Gasteiger partial charge is 0.478 e. The first-order valence-corrected chi connectivity index (χ1v) is 11.3. The molecular formula is C25H20FN3O5S. The number of aryl methyl sites for hydroxylation is 1. The molecule has 3 amide bonds. The van der Waals surface area contributed by atoms with Gasteiger partial charge in [0.25, 0.3) is 11.1 Å². The summed E-state index contributed by atoms with van der Waals surface area (Å²) in [5, 5.41) is 11.1. The van der Waals surface area contributed by atoms with Crippen molar-refractivity contribution in [2.75, 3.05) is 11.9 Å². The lowest BCUT2D eigenvalue weighted by molar-refractivity contribution is -0.127. The lowest BCUT2D eigenvalue weighted by atomic mass is 10.2. The Labute approximate surface area is 204 Å². The van der Waals surface area contributed by atoms with Crippen LogP contribution in [0.3, 0.4) is 0 Å². The molecule has 8 nitrogen and oxygen atoms in total. The zero-order chi connectivity index (χ0) is 25.3. The Hall–Kier alpha value is -4.18. The highest BCUT2D eigenvalue weighted by molar-refractivity contribution is 8.18. The summed E-state index contributed by atoms with van der Waals surface area (Å²) in [6.45, 7) is 3.26. The van der Waals surface area contributed by atoms with Crippen LogP contribution in [-0.2, 0) is 9.59 Å². The van der Waals surface area contributed by atoms with E-state index >= 15 is 0 Å². The smallest absolute Gasteiger partial charge is 0.335 e. The molecule has 0 atom stereocenters. The summed E-state index contributed by atoms with van der Waals surface area (Å²) in [4.78, 5) is 49.8. The van der Waals surface area contributed by atoms with Crippen LogP contribution < -0.4 is 5.32 Å². The number of amides is 3. The fraction of sp³-hybridized carbons (Fsp3) is 0.120. The zero-order valence-electron chi connectivity index (χ0n) is 18.7. The number of aromatic carboxylic acids is 1. The monoisotopic (exact) mass is 493 g/mol. The minimum atomic E-state index is -1.01. The van der Waals surface area contributed by atoms with E-state index in [9.17, 15) is 23.6 Å². The van der Waals surface area contributed by atoms with Crippen LogP contribution >= 0.6 is 11.8 Å². The molecule has 178 valence electrons. The van der Waals surface area contributed by atoms with Gasteiger partial charge in [-0.2, -0.15) is 0 Å². The molecule has 10 heteroatoms. The van der Waals surface area contributed by atoms with Gasteiger partial charge >= 0.3 is 5.97 Å². The minimum Gasteiger partial charge on any atom is -0.478 e. The molecule has 4 rings (SSSR count). The number of carboxylic acid groups (broad SMARTS) is 1. The van der Waals surface area contributed by atoms with Gasteiger partial charge in [0.05, 0.1) is 10.5 Å². The van der Waals surface area contributed by atoms with E-state index < -0.39 is 35.4 Å². The first kappa shape index (κ1) is 24.0. The number of nitrogens with one attached hydrogen (secondary N) is 1. The Bertz CT molecular complexity index is 1380. The van der Waals surface area contributed by atoms with Crippen molar-refractivity contribution >= 4 is 46.5 Å². The van der Waals surface area contributed by atoms with Gasteiger partial charge in [-0.1, -0.05) is 0 Å². The predicted molar refractivity (Wildman–Crippen MR) is 130 cm³/mol. The lowest BCUT2D eigenvalue weighted by Gasteiger charge is -2.12. The van der Waals surface area contributed by atoms with E-state index in [1.54, 1.807) is 18.2 Å². The van der Waals surface area contributed by atoms with Gasteiger partial charge in [0, 0.05) is 22.8 Å². The first-order valence-electron chi connectivity index (χ1n) is 10.5. The van der Waals surface area contributed by atoms with E-state index in [0.717, 1.165) is 33.7 Å². The average Bonchev–Trinajstić information content (AvgIpc) is 3.24. The second-order valence-corrected chi connectivity index (χ2v) is 8.83. The molecule has 1 fully saturated rings. The number of hydrogen-bond acceptors (Lipinski definition) is 5. The maximum atomic E-state index is 13.0. The average molecular weight is 494 g/mol. The molecule has 1 aromatic heterocycles. The quantitative estimate of drug-likeness (QED) is 0.486. The lowest BCUT2D eigenvalue weighted by Crippen LogP contribution is -2.36. The molecule has 2 heterocycles. The molecule has 0 saturated carbocycles. The Morgan fingerprint density at radius 1 is 1.06 bits per heavy atom. The number of benzene rings is 2. The maximum absolute atomic E-state index is 13.0. The molecule has 2 N–H and O–H groups in total. The predicted octanol–water partition coefficient (Wildman–Crippen LogP) is 4.61. The molecule has 1 saturated heterocycles. The summed E-state index contributed by atoms with van der Waals surface area (Å²) in [6.07, 6.45) is 1.60. The molecule has 3 aromatic rings. The van der Waals surface area contributed by atoms with Gasteiger partial charge in [-0.05, 0) is 91.8 Å². The van der Waals surface area contributed by atoms with Crippen molar-refractivity contribution in [3.8, 4) is 5.69 Å².